The molecule has 0 amide bonds. The van der Waals surface area contributed by atoms with Gasteiger partial charge in [-0.05, 0) is 37.8 Å². The number of rotatable bonds is 4. The Hall–Kier alpha value is -0.800. The molecule has 16 heavy (non-hydrogen) atoms. The number of nitrogens with zero attached hydrogens (tertiary/aromatic N) is 1. The SMILES string of the molecule is OCCN1CCC(OC2=CCCC=C2)CC1. The number of piperidine rings is 1. The van der Waals surface area contributed by atoms with Gasteiger partial charge in [-0.15, -0.1) is 0 Å². The second-order valence-corrected chi connectivity index (χ2v) is 4.47. The van der Waals surface area contributed by atoms with Crippen LogP contribution < -0.4 is 0 Å². The number of aliphatic hydroxyl groups excluding tert-OH is 1. The summed E-state index contributed by atoms with van der Waals surface area (Å²) < 4.78 is 5.94. The van der Waals surface area contributed by atoms with Gasteiger partial charge >= 0.3 is 0 Å². The Labute approximate surface area is 97.4 Å². The molecule has 1 aliphatic heterocycles. The number of β-amino-alcohol motifs (C(OH)–C–C–N with tert-alkyl or cyclic N) is 1. The molecule has 0 unspecified atom stereocenters. The highest BCUT2D eigenvalue weighted by molar-refractivity contribution is 5.16. The topological polar surface area (TPSA) is 32.7 Å². The smallest absolute Gasteiger partial charge is 0.115 e. The van der Waals surface area contributed by atoms with E-state index < -0.39 is 0 Å². The molecule has 0 aromatic rings. The fourth-order valence-electron chi connectivity index (χ4n) is 2.26. The van der Waals surface area contributed by atoms with Crippen LogP contribution in [-0.4, -0.2) is 42.4 Å². The van der Waals surface area contributed by atoms with Crippen molar-refractivity contribution >= 4 is 0 Å². The highest BCUT2D eigenvalue weighted by Gasteiger charge is 2.20. The van der Waals surface area contributed by atoms with E-state index in [1.807, 2.05) is 0 Å². The van der Waals surface area contributed by atoms with Crippen LogP contribution in [0.15, 0.2) is 24.0 Å². The molecule has 1 heterocycles. The maximum Gasteiger partial charge on any atom is 0.115 e. The van der Waals surface area contributed by atoms with Crippen LogP contribution in [0.4, 0.5) is 0 Å². The van der Waals surface area contributed by atoms with Gasteiger partial charge in [0, 0.05) is 19.6 Å². The number of aliphatic hydroxyl groups is 1. The molecule has 0 aromatic carbocycles. The minimum Gasteiger partial charge on any atom is -0.491 e. The van der Waals surface area contributed by atoms with Crippen molar-refractivity contribution in [2.45, 2.75) is 31.8 Å². The summed E-state index contributed by atoms with van der Waals surface area (Å²) >= 11 is 0. The third kappa shape index (κ3) is 3.35. The van der Waals surface area contributed by atoms with Gasteiger partial charge in [0.25, 0.3) is 0 Å². The summed E-state index contributed by atoms with van der Waals surface area (Å²) in [6.45, 7) is 3.15. The van der Waals surface area contributed by atoms with E-state index >= 15 is 0 Å². The van der Waals surface area contributed by atoms with Crippen LogP contribution in [-0.2, 0) is 4.74 Å². The lowest BCUT2D eigenvalue weighted by atomic mass is 10.1. The summed E-state index contributed by atoms with van der Waals surface area (Å²) in [7, 11) is 0. The Morgan fingerprint density at radius 2 is 2.12 bits per heavy atom. The Bertz CT molecular complexity index is 265. The van der Waals surface area contributed by atoms with Crippen LogP contribution in [0.25, 0.3) is 0 Å². The van der Waals surface area contributed by atoms with Crippen molar-refractivity contribution in [2.75, 3.05) is 26.2 Å². The monoisotopic (exact) mass is 223 g/mol. The van der Waals surface area contributed by atoms with Crippen molar-refractivity contribution in [1.82, 2.24) is 4.90 Å². The lowest BCUT2D eigenvalue weighted by Crippen LogP contribution is -2.38. The summed E-state index contributed by atoms with van der Waals surface area (Å²) in [5.74, 6) is 1.05. The molecule has 1 fully saturated rings. The van der Waals surface area contributed by atoms with Crippen molar-refractivity contribution in [3.8, 4) is 0 Å². The molecule has 1 aliphatic carbocycles. The van der Waals surface area contributed by atoms with Gasteiger partial charge in [-0.3, -0.25) is 0 Å². The Kier molecular flexibility index (Phi) is 4.43. The van der Waals surface area contributed by atoms with Crippen molar-refractivity contribution < 1.29 is 9.84 Å². The van der Waals surface area contributed by atoms with Crippen LogP contribution >= 0.6 is 0 Å². The second kappa shape index (κ2) is 6.06. The van der Waals surface area contributed by atoms with Crippen molar-refractivity contribution in [3.63, 3.8) is 0 Å². The van der Waals surface area contributed by atoms with E-state index in [1.54, 1.807) is 0 Å². The summed E-state index contributed by atoms with van der Waals surface area (Å²) in [5.41, 5.74) is 0. The van der Waals surface area contributed by atoms with Crippen molar-refractivity contribution in [2.24, 2.45) is 0 Å². The quantitative estimate of drug-likeness (QED) is 0.787. The number of ether oxygens (including phenoxy) is 1. The average Bonchev–Trinajstić information content (AvgIpc) is 2.33. The Morgan fingerprint density at radius 3 is 2.75 bits per heavy atom. The molecule has 0 radical (unpaired) electrons. The van der Waals surface area contributed by atoms with Crippen LogP contribution in [0.2, 0.25) is 0 Å². The van der Waals surface area contributed by atoms with Crippen LogP contribution in [0.3, 0.4) is 0 Å². The zero-order chi connectivity index (χ0) is 11.2. The van der Waals surface area contributed by atoms with E-state index in [2.05, 4.69) is 23.1 Å². The second-order valence-electron chi connectivity index (χ2n) is 4.47. The lowest BCUT2D eigenvalue weighted by Gasteiger charge is -2.32. The van der Waals surface area contributed by atoms with E-state index in [9.17, 15) is 0 Å². The van der Waals surface area contributed by atoms with Crippen molar-refractivity contribution in [1.29, 1.82) is 0 Å². The number of hydrogen-bond donors (Lipinski definition) is 1. The predicted molar refractivity (Wildman–Crippen MR) is 64.1 cm³/mol. The highest BCUT2D eigenvalue weighted by Crippen LogP contribution is 2.19. The Balaban J connectivity index is 1.72. The van der Waals surface area contributed by atoms with Gasteiger partial charge in [-0.2, -0.15) is 0 Å². The first-order chi connectivity index (χ1) is 7.88. The zero-order valence-electron chi connectivity index (χ0n) is 9.77. The molecule has 0 spiro atoms. The molecule has 90 valence electrons. The summed E-state index contributed by atoms with van der Waals surface area (Å²) in [4.78, 5) is 2.30. The molecule has 3 nitrogen and oxygen atoms in total. The molecule has 0 saturated carbocycles. The fraction of sp³-hybridized carbons (Fsp3) is 0.692. The molecule has 1 N–H and O–H groups in total. The molecule has 1 saturated heterocycles. The van der Waals surface area contributed by atoms with E-state index in [0.717, 1.165) is 51.1 Å². The maximum absolute atomic E-state index is 8.85. The van der Waals surface area contributed by atoms with E-state index in [1.165, 1.54) is 0 Å². The standard InChI is InChI=1S/C13H21NO2/c15-11-10-14-8-6-13(7-9-14)16-12-4-2-1-3-5-12/h2,4-5,13,15H,1,3,6-11H2. The van der Waals surface area contributed by atoms with Gasteiger partial charge in [0.15, 0.2) is 0 Å². The first-order valence-corrected chi connectivity index (χ1v) is 6.25. The summed E-state index contributed by atoms with van der Waals surface area (Å²) in [5, 5.41) is 8.85. The van der Waals surface area contributed by atoms with Crippen molar-refractivity contribution in [3.05, 3.63) is 24.0 Å². The highest BCUT2D eigenvalue weighted by atomic mass is 16.5. The van der Waals surface area contributed by atoms with Crippen LogP contribution in [0.1, 0.15) is 25.7 Å². The molecule has 0 aromatic heterocycles. The summed E-state index contributed by atoms with van der Waals surface area (Å²) in [6, 6.07) is 0. The molecule has 0 atom stereocenters. The van der Waals surface area contributed by atoms with Gasteiger partial charge in [0.1, 0.15) is 11.9 Å². The van der Waals surface area contributed by atoms with Gasteiger partial charge in [0.05, 0.1) is 6.61 Å². The van der Waals surface area contributed by atoms with Gasteiger partial charge in [-0.1, -0.05) is 6.08 Å². The molecule has 2 rings (SSSR count). The normalized spacial score (nSPS) is 23.2. The van der Waals surface area contributed by atoms with Crippen LogP contribution in [0.5, 0.6) is 0 Å². The van der Waals surface area contributed by atoms with E-state index in [0.29, 0.717) is 6.10 Å². The minimum atomic E-state index is 0.263. The summed E-state index contributed by atoms with van der Waals surface area (Å²) in [6.07, 6.45) is 11.2. The molecule has 3 heteroatoms. The Morgan fingerprint density at radius 1 is 1.31 bits per heavy atom. The molecule has 2 aliphatic rings. The lowest BCUT2D eigenvalue weighted by molar-refractivity contribution is 0.0491. The van der Waals surface area contributed by atoms with E-state index in [-0.39, 0.29) is 6.61 Å². The van der Waals surface area contributed by atoms with Crippen LogP contribution in [0, 0.1) is 0 Å². The molecule has 0 bridgehead atoms. The average molecular weight is 223 g/mol. The largest absolute Gasteiger partial charge is 0.491 e. The van der Waals surface area contributed by atoms with E-state index in [4.69, 9.17) is 9.84 Å². The molecular formula is C13H21NO2. The zero-order valence-corrected chi connectivity index (χ0v) is 9.77. The molecular weight excluding hydrogens is 202 g/mol. The first-order valence-electron chi connectivity index (χ1n) is 6.25. The maximum atomic E-state index is 8.85. The minimum absolute atomic E-state index is 0.263. The van der Waals surface area contributed by atoms with Gasteiger partial charge in [-0.25, -0.2) is 0 Å². The number of hydrogen-bond acceptors (Lipinski definition) is 3. The first kappa shape index (κ1) is 11.7. The van der Waals surface area contributed by atoms with Gasteiger partial charge in [0.2, 0.25) is 0 Å². The third-order valence-corrected chi connectivity index (χ3v) is 3.21. The third-order valence-electron chi connectivity index (χ3n) is 3.21. The number of likely N-dealkylation sites (tertiary alicyclic amines) is 1. The predicted octanol–water partition coefficient (Wildman–Crippen LogP) is 1.69. The van der Waals surface area contributed by atoms with Gasteiger partial charge < -0.3 is 14.7 Å². The fourth-order valence-corrected chi connectivity index (χ4v) is 2.26. The number of allylic oxidation sites excluding steroid dienone is 3.